The maximum absolute atomic E-state index is 12.6. The topological polar surface area (TPSA) is 56.8 Å². The van der Waals surface area contributed by atoms with Crippen molar-refractivity contribution in [1.82, 2.24) is 19.7 Å². The van der Waals surface area contributed by atoms with Crippen LogP contribution in [0.4, 0.5) is 0 Å². The highest BCUT2D eigenvalue weighted by Crippen LogP contribution is 2.21. The summed E-state index contributed by atoms with van der Waals surface area (Å²) in [5.41, 5.74) is 0.802. The predicted octanol–water partition coefficient (Wildman–Crippen LogP) is 0.817. The zero-order valence-corrected chi connectivity index (χ0v) is 13.9. The van der Waals surface area contributed by atoms with E-state index in [1.165, 1.54) is 11.3 Å². The summed E-state index contributed by atoms with van der Waals surface area (Å²) >= 11 is 1.47. The van der Waals surface area contributed by atoms with E-state index in [0.29, 0.717) is 26.2 Å². The molecule has 0 aliphatic carbocycles. The molecule has 0 N–H and O–H groups in total. The molecule has 1 aromatic heterocycles. The van der Waals surface area contributed by atoms with Gasteiger partial charge < -0.3 is 14.7 Å². The molecule has 1 aromatic rings. The van der Waals surface area contributed by atoms with Crippen LogP contribution in [0.15, 0.2) is 0 Å². The highest BCUT2D eigenvalue weighted by atomic mass is 32.1. The average molecular weight is 310 g/mol. The van der Waals surface area contributed by atoms with Gasteiger partial charge in [0.05, 0.1) is 5.69 Å². The van der Waals surface area contributed by atoms with Crippen LogP contribution in [0.3, 0.4) is 0 Å². The average Bonchev–Trinajstić information content (AvgIpc) is 2.78. The molecule has 0 spiro atoms. The van der Waals surface area contributed by atoms with Gasteiger partial charge in [-0.25, -0.2) is 4.98 Å². The molecule has 0 bridgehead atoms. The first kappa shape index (κ1) is 15.9. The van der Waals surface area contributed by atoms with Crippen molar-refractivity contribution >= 4 is 23.2 Å². The number of piperazine rings is 1. The fourth-order valence-electron chi connectivity index (χ4n) is 2.36. The molecule has 0 radical (unpaired) electrons. The van der Waals surface area contributed by atoms with Gasteiger partial charge in [-0.1, -0.05) is 0 Å². The Bertz CT molecular complexity index is 533. The van der Waals surface area contributed by atoms with Crippen LogP contribution in [-0.2, 0) is 11.3 Å². The molecule has 1 fully saturated rings. The molecule has 6 nitrogen and oxygen atoms in total. The molecule has 0 aromatic carbocycles. The van der Waals surface area contributed by atoms with Crippen LogP contribution in [0, 0.1) is 6.92 Å². The Morgan fingerprint density at radius 3 is 2.29 bits per heavy atom. The van der Waals surface area contributed by atoms with Crippen molar-refractivity contribution in [1.29, 1.82) is 0 Å². The fraction of sp³-hybridized carbons (Fsp3) is 0.643. The van der Waals surface area contributed by atoms with E-state index >= 15 is 0 Å². The van der Waals surface area contributed by atoms with E-state index in [0.717, 1.165) is 22.1 Å². The SMILES string of the molecule is CC(=O)N1CCN(C(=O)c2sc(CN(C)C)nc2C)CC1. The lowest BCUT2D eigenvalue weighted by Crippen LogP contribution is -2.50. The molecular weight excluding hydrogens is 288 g/mol. The molecule has 1 saturated heterocycles. The number of rotatable bonds is 3. The highest BCUT2D eigenvalue weighted by molar-refractivity contribution is 7.13. The number of hydrogen-bond donors (Lipinski definition) is 0. The number of hydrogen-bond acceptors (Lipinski definition) is 5. The van der Waals surface area contributed by atoms with E-state index in [9.17, 15) is 9.59 Å². The summed E-state index contributed by atoms with van der Waals surface area (Å²) in [6, 6.07) is 0. The summed E-state index contributed by atoms with van der Waals surface area (Å²) in [5.74, 6) is 0.113. The zero-order chi connectivity index (χ0) is 15.6. The van der Waals surface area contributed by atoms with Crippen molar-refractivity contribution in [3.05, 3.63) is 15.6 Å². The number of carbonyl (C=O) groups excluding carboxylic acids is 2. The summed E-state index contributed by atoms with van der Waals surface area (Å²) in [4.78, 5) is 34.7. The normalized spacial score (nSPS) is 15.7. The lowest BCUT2D eigenvalue weighted by Gasteiger charge is -2.34. The Kier molecular flexibility index (Phi) is 4.95. The van der Waals surface area contributed by atoms with Gasteiger partial charge in [-0.3, -0.25) is 9.59 Å². The predicted molar refractivity (Wildman–Crippen MR) is 82.4 cm³/mol. The van der Waals surface area contributed by atoms with Crippen molar-refractivity contribution in [3.63, 3.8) is 0 Å². The Balaban J connectivity index is 2.04. The van der Waals surface area contributed by atoms with Crippen LogP contribution in [0.1, 0.15) is 27.3 Å². The number of nitrogens with zero attached hydrogens (tertiary/aromatic N) is 4. The van der Waals surface area contributed by atoms with E-state index in [-0.39, 0.29) is 11.8 Å². The van der Waals surface area contributed by atoms with Gasteiger partial charge in [0, 0.05) is 39.6 Å². The van der Waals surface area contributed by atoms with E-state index < -0.39 is 0 Å². The van der Waals surface area contributed by atoms with Gasteiger partial charge in [0.1, 0.15) is 9.88 Å². The first-order chi connectivity index (χ1) is 9.88. The van der Waals surface area contributed by atoms with Gasteiger partial charge in [0.25, 0.3) is 5.91 Å². The van der Waals surface area contributed by atoms with Gasteiger partial charge in [-0.2, -0.15) is 0 Å². The quantitative estimate of drug-likeness (QED) is 0.829. The molecule has 7 heteroatoms. The molecule has 116 valence electrons. The molecule has 1 aliphatic rings. The lowest BCUT2D eigenvalue weighted by molar-refractivity contribution is -0.130. The molecule has 0 saturated carbocycles. The minimum atomic E-state index is 0.0400. The Morgan fingerprint density at radius 2 is 1.76 bits per heavy atom. The number of aryl methyl sites for hydroxylation is 1. The number of amides is 2. The molecule has 2 rings (SSSR count). The van der Waals surface area contributed by atoms with Crippen molar-refractivity contribution in [2.24, 2.45) is 0 Å². The van der Waals surface area contributed by atoms with Crippen LogP contribution >= 0.6 is 11.3 Å². The summed E-state index contributed by atoms with van der Waals surface area (Å²) in [6.45, 7) is 6.62. The second-order valence-electron chi connectivity index (χ2n) is 5.56. The molecular formula is C14H22N4O2S. The molecule has 2 amide bonds. The first-order valence-electron chi connectivity index (χ1n) is 7.04. The van der Waals surface area contributed by atoms with Crippen LogP contribution < -0.4 is 0 Å². The van der Waals surface area contributed by atoms with Crippen LogP contribution in [-0.4, -0.2) is 71.8 Å². The lowest BCUT2D eigenvalue weighted by atomic mass is 10.2. The smallest absolute Gasteiger partial charge is 0.265 e. The first-order valence-corrected chi connectivity index (χ1v) is 7.86. The number of thiazole rings is 1. The third-order valence-electron chi connectivity index (χ3n) is 3.50. The van der Waals surface area contributed by atoms with Crippen LogP contribution in [0.2, 0.25) is 0 Å². The number of aromatic nitrogens is 1. The van der Waals surface area contributed by atoms with Crippen molar-refractivity contribution in [2.45, 2.75) is 20.4 Å². The van der Waals surface area contributed by atoms with Gasteiger partial charge in [0.2, 0.25) is 5.91 Å². The maximum atomic E-state index is 12.6. The van der Waals surface area contributed by atoms with Crippen LogP contribution in [0.25, 0.3) is 0 Å². The third-order valence-corrected chi connectivity index (χ3v) is 4.63. The summed E-state index contributed by atoms with van der Waals surface area (Å²) in [6.07, 6.45) is 0. The van der Waals surface area contributed by atoms with Gasteiger partial charge >= 0.3 is 0 Å². The second kappa shape index (κ2) is 6.53. The summed E-state index contributed by atoms with van der Waals surface area (Å²) in [7, 11) is 3.97. The molecule has 2 heterocycles. The number of carbonyl (C=O) groups is 2. The second-order valence-corrected chi connectivity index (χ2v) is 6.64. The molecule has 0 unspecified atom stereocenters. The molecule has 0 atom stereocenters. The zero-order valence-electron chi connectivity index (χ0n) is 13.0. The van der Waals surface area contributed by atoms with Crippen LogP contribution in [0.5, 0.6) is 0 Å². The van der Waals surface area contributed by atoms with Gasteiger partial charge in [-0.15, -0.1) is 11.3 Å². The van der Waals surface area contributed by atoms with Crippen molar-refractivity contribution in [2.75, 3.05) is 40.3 Å². The van der Waals surface area contributed by atoms with E-state index in [2.05, 4.69) is 4.98 Å². The Hall–Kier alpha value is -1.47. The van der Waals surface area contributed by atoms with Crippen molar-refractivity contribution in [3.8, 4) is 0 Å². The van der Waals surface area contributed by atoms with E-state index in [1.54, 1.807) is 11.8 Å². The summed E-state index contributed by atoms with van der Waals surface area (Å²) < 4.78 is 0. The summed E-state index contributed by atoms with van der Waals surface area (Å²) in [5, 5.41) is 0.961. The minimum absolute atomic E-state index is 0.0400. The monoisotopic (exact) mass is 310 g/mol. The highest BCUT2D eigenvalue weighted by Gasteiger charge is 2.26. The largest absolute Gasteiger partial charge is 0.339 e. The van der Waals surface area contributed by atoms with Gasteiger partial charge in [-0.05, 0) is 21.0 Å². The van der Waals surface area contributed by atoms with Gasteiger partial charge in [0.15, 0.2) is 0 Å². The Labute approximate surface area is 129 Å². The minimum Gasteiger partial charge on any atom is -0.339 e. The molecule has 21 heavy (non-hydrogen) atoms. The fourth-order valence-corrected chi connectivity index (χ4v) is 3.51. The standard InChI is InChI=1S/C14H22N4O2S/c1-10-13(21-12(15-10)9-16(3)4)14(20)18-7-5-17(6-8-18)11(2)19/h5-9H2,1-4H3. The van der Waals surface area contributed by atoms with Crippen molar-refractivity contribution < 1.29 is 9.59 Å². The van der Waals surface area contributed by atoms with E-state index in [1.807, 2.05) is 30.8 Å². The van der Waals surface area contributed by atoms with E-state index in [4.69, 9.17) is 0 Å². The molecule has 1 aliphatic heterocycles. The maximum Gasteiger partial charge on any atom is 0.265 e. The third kappa shape index (κ3) is 3.79. The Morgan fingerprint density at radius 1 is 1.19 bits per heavy atom.